The average Bonchev–Trinajstić information content (AvgIpc) is 3.33. The van der Waals surface area contributed by atoms with Crippen molar-refractivity contribution in [1.29, 1.82) is 0 Å². The van der Waals surface area contributed by atoms with Crippen molar-refractivity contribution in [3.05, 3.63) is 82.7 Å². The largest absolute Gasteiger partial charge is 0.495 e. The number of rotatable bonds is 5. The molecular formula is C28H29F3N4O2. The predicted molar refractivity (Wildman–Crippen MR) is 134 cm³/mol. The average molecular weight is 511 g/mol. The monoisotopic (exact) mass is 510 g/mol. The Morgan fingerprint density at radius 3 is 2.54 bits per heavy atom. The lowest BCUT2D eigenvalue weighted by Gasteiger charge is -2.49. The molecule has 3 heterocycles. The normalized spacial score (nSPS) is 21.4. The van der Waals surface area contributed by atoms with Gasteiger partial charge in [0.25, 0.3) is 5.91 Å². The quantitative estimate of drug-likeness (QED) is 0.356. The van der Waals surface area contributed by atoms with Crippen molar-refractivity contribution < 1.29 is 22.7 Å². The van der Waals surface area contributed by atoms with E-state index in [1.54, 1.807) is 18.3 Å². The highest BCUT2D eigenvalue weighted by molar-refractivity contribution is 5.99. The van der Waals surface area contributed by atoms with Crippen LogP contribution in [-0.4, -0.2) is 58.0 Å². The minimum atomic E-state index is -1.50. The van der Waals surface area contributed by atoms with Crippen molar-refractivity contribution in [3.63, 3.8) is 0 Å². The molecule has 2 aromatic carbocycles. The highest BCUT2D eigenvalue weighted by Crippen LogP contribution is 2.38. The van der Waals surface area contributed by atoms with Crippen LogP contribution in [0.15, 0.2) is 48.4 Å². The van der Waals surface area contributed by atoms with Gasteiger partial charge in [0.2, 0.25) is 0 Å². The first-order valence-corrected chi connectivity index (χ1v) is 12.4. The third kappa shape index (κ3) is 4.75. The molecule has 5 rings (SSSR count). The Balaban J connectivity index is 1.48. The molecule has 9 heteroatoms. The van der Waals surface area contributed by atoms with Crippen molar-refractivity contribution in [2.45, 2.75) is 38.8 Å². The van der Waals surface area contributed by atoms with Crippen molar-refractivity contribution in [2.24, 2.45) is 0 Å². The molecule has 1 unspecified atom stereocenters. The third-order valence-corrected chi connectivity index (χ3v) is 7.26. The number of piperidine rings is 1. The minimum absolute atomic E-state index is 0.0964. The van der Waals surface area contributed by atoms with Crippen LogP contribution < -0.4 is 4.74 Å². The first-order valence-electron chi connectivity index (χ1n) is 12.4. The van der Waals surface area contributed by atoms with Crippen molar-refractivity contribution in [3.8, 4) is 11.4 Å². The summed E-state index contributed by atoms with van der Waals surface area (Å²) in [6, 6.07) is 7.03. The Bertz CT molecular complexity index is 1350. The highest BCUT2D eigenvalue weighted by atomic mass is 19.2. The Morgan fingerprint density at radius 2 is 1.89 bits per heavy atom. The Hall–Kier alpha value is -3.59. The molecule has 194 valence electrons. The van der Waals surface area contributed by atoms with Gasteiger partial charge in [0.1, 0.15) is 5.75 Å². The summed E-state index contributed by atoms with van der Waals surface area (Å²) in [5, 5.41) is 0. The summed E-state index contributed by atoms with van der Waals surface area (Å²) >= 11 is 0. The number of fused-ring (bicyclic) bond motifs is 1. The highest BCUT2D eigenvalue weighted by Gasteiger charge is 2.42. The summed E-state index contributed by atoms with van der Waals surface area (Å²) in [5.74, 6) is -3.53. The fourth-order valence-electron chi connectivity index (χ4n) is 5.36. The zero-order valence-electron chi connectivity index (χ0n) is 21.0. The molecule has 0 radical (unpaired) electrons. The van der Waals surface area contributed by atoms with E-state index in [-0.39, 0.29) is 17.5 Å². The molecule has 0 bridgehead atoms. The number of nitrogens with zero attached hydrogens (tertiary/aromatic N) is 4. The number of methoxy groups -OCH3 is 1. The van der Waals surface area contributed by atoms with Gasteiger partial charge >= 0.3 is 0 Å². The minimum Gasteiger partial charge on any atom is -0.495 e. The van der Waals surface area contributed by atoms with Crippen LogP contribution in [0, 0.1) is 24.4 Å². The lowest BCUT2D eigenvalue weighted by atomic mass is 9.88. The van der Waals surface area contributed by atoms with Crippen LogP contribution in [-0.2, 0) is 4.79 Å². The number of aromatic nitrogens is 2. The number of halogens is 3. The second-order valence-electron chi connectivity index (χ2n) is 9.59. The Morgan fingerprint density at radius 1 is 1.14 bits per heavy atom. The fraction of sp³-hybridized carbons (Fsp3) is 0.357. The van der Waals surface area contributed by atoms with E-state index in [1.165, 1.54) is 0 Å². The van der Waals surface area contributed by atoms with Crippen molar-refractivity contribution in [2.75, 3.05) is 26.7 Å². The molecule has 6 nitrogen and oxygen atoms in total. The van der Waals surface area contributed by atoms with Crippen molar-refractivity contribution in [1.82, 2.24) is 19.4 Å². The number of likely N-dealkylation sites (N-methyl/N-ethyl adjacent to an activating group) is 1. The molecule has 2 aliphatic heterocycles. The van der Waals surface area contributed by atoms with E-state index in [1.807, 2.05) is 48.9 Å². The van der Waals surface area contributed by atoms with Crippen LogP contribution in [0.25, 0.3) is 11.8 Å². The first-order chi connectivity index (χ1) is 17.8. The van der Waals surface area contributed by atoms with E-state index < -0.39 is 23.5 Å². The molecule has 2 atom stereocenters. The SMILES string of the molecule is CCN1CC(c2cc(F)c(F)c(F)c2)N2C(=O)/C(=C/c3ccc(-n4cnc(C)c4)c(OC)c3)CC[C@@H]2C1. The van der Waals surface area contributed by atoms with Gasteiger partial charge in [-0.05, 0) is 67.8 Å². The van der Waals surface area contributed by atoms with Crippen molar-refractivity contribution >= 4 is 12.0 Å². The van der Waals surface area contributed by atoms with E-state index in [0.29, 0.717) is 30.8 Å². The number of amides is 1. The number of carbonyl (C=O) groups excluding carboxylic acids is 1. The van der Waals surface area contributed by atoms with E-state index in [4.69, 9.17) is 4.74 Å². The Labute approximate surface area is 214 Å². The predicted octanol–water partition coefficient (Wildman–Crippen LogP) is 5.06. The molecule has 2 saturated heterocycles. The summed E-state index contributed by atoms with van der Waals surface area (Å²) in [6.45, 7) is 5.77. The standard InChI is InChI=1S/C28H29F3N4O2/c1-4-33-14-21-7-6-19(9-18-5-8-24(26(10-18)37-3)34-13-17(2)32-16-34)28(36)35(21)25(15-33)20-11-22(29)27(31)23(30)12-20/h5,8-13,16,21,25H,4,6-7,14-15H2,1-3H3/b19-9+/t21-,25?/m1/s1. The lowest BCUT2D eigenvalue weighted by Crippen LogP contribution is -2.58. The second kappa shape index (κ2) is 10.0. The van der Waals surface area contributed by atoms with E-state index in [9.17, 15) is 18.0 Å². The van der Waals surface area contributed by atoms with Gasteiger partial charge in [0.15, 0.2) is 17.5 Å². The Kier molecular flexibility index (Phi) is 6.81. The number of aryl methyl sites for hydroxylation is 1. The number of ether oxygens (including phenoxy) is 1. The van der Waals surface area contributed by atoms with Gasteiger partial charge in [-0.15, -0.1) is 0 Å². The molecule has 1 amide bonds. The van der Waals surface area contributed by atoms with Gasteiger partial charge in [0, 0.05) is 30.9 Å². The summed E-state index contributed by atoms with van der Waals surface area (Å²) in [6.07, 6.45) is 6.77. The first kappa shape index (κ1) is 25.1. The van der Waals surface area contributed by atoms with Gasteiger partial charge in [-0.1, -0.05) is 13.0 Å². The van der Waals surface area contributed by atoms with Crippen LogP contribution in [0.5, 0.6) is 5.75 Å². The molecule has 3 aromatic rings. The molecule has 0 aliphatic carbocycles. The van der Waals surface area contributed by atoms with Crippen LogP contribution >= 0.6 is 0 Å². The molecular weight excluding hydrogens is 481 g/mol. The number of imidazole rings is 1. The fourth-order valence-corrected chi connectivity index (χ4v) is 5.36. The summed E-state index contributed by atoms with van der Waals surface area (Å²) < 4.78 is 49.4. The molecule has 2 aliphatic rings. The number of piperazine rings is 1. The molecule has 37 heavy (non-hydrogen) atoms. The molecule has 2 fully saturated rings. The zero-order valence-corrected chi connectivity index (χ0v) is 21.0. The summed E-state index contributed by atoms with van der Waals surface area (Å²) in [4.78, 5) is 21.9. The van der Waals surface area contributed by atoms with Crippen LogP contribution in [0.1, 0.15) is 42.6 Å². The molecule has 0 saturated carbocycles. The summed E-state index contributed by atoms with van der Waals surface area (Å²) in [7, 11) is 1.59. The van der Waals surface area contributed by atoms with E-state index in [2.05, 4.69) is 9.88 Å². The number of hydrogen-bond acceptors (Lipinski definition) is 4. The van der Waals surface area contributed by atoms with Gasteiger partial charge < -0.3 is 14.2 Å². The third-order valence-electron chi connectivity index (χ3n) is 7.26. The zero-order chi connectivity index (χ0) is 26.3. The maximum atomic E-state index is 14.1. The van der Waals surface area contributed by atoms with Crippen LogP contribution in [0.3, 0.4) is 0 Å². The lowest BCUT2D eigenvalue weighted by molar-refractivity contribution is -0.139. The van der Waals surface area contributed by atoms with Crippen LogP contribution in [0.4, 0.5) is 13.2 Å². The maximum Gasteiger partial charge on any atom is 0.250 e. The topological polar surface area (TPSA) is 50.6 Å². The molecule has 0 N–H and O–H groups in total. The molecule has 1 aromatic heterocycles. The van der Waals surface area contributed by atoms with Crippen LogP contribution in [0.2, 0.25) is 0 Å². The van der Waals surface area contributed by atoms with E-state index >= 15 is 0 Å². The number of benzene rings is 2. The molecule has 0 spiro atoms. The second-order valence-corrected chi connectivity index (χ2v) is 9.59. The van der Waals surface area contributed by atoms with Gasteiger partial charge in [-0.3, -0.25) is 9.69 Å². The smallest absolute Gasteiger partial charge is 0.250 e. The maximum absolute atomic E-state index is 14.1. The number of hydrogen-bond donors (Lipinski definition) is 0. The summed E-state index contributed by atoms with van der Waals surface area (Å²) in [5.41, 5.74) is 3.39. The van der Waals surface area contributed by atoms with Gasteiger partial charge in [-0.2, -0.15) is 0 Å². The van der Waals surface area contributed by atoms with E-state index in [0.717, 1.165) is 42.0 Å². The van der Waals surface area contributed by atoms with Gasteiger partial charge in [0.05, 0.1) is 30.9 Å². The van der Waals surface area contributed by atoms with Gasteiger partial charge in [-0.25, -0.2) is 18.2 Å². The number of carbonyl (C=O) groups is 1.